The number of nitrogens with zero attached hydrogens (tertiary/aromatic N) is 2. The third-order valence-corrected chi connectivity index (χ3v) is 5.28. The minimum absolute atomic E-state index is 0.0695. The third kappa shape index (κ3) is 4.50. The zero-order valence-electron chi connectivity index (χ0n) is 17.4. The zero-order chi connectivity index (χ0) is 23.3. The molecule has 166 valence electrons. The zero-order valence-corrected chi connectivity index (χ0v) is 18.1. The first kappa shape index (κ1) is 23.0. The maximum absolute atomic E-state index is 14.7. The molecule has 2 aromatic carbocycles. The number of pyridine rings is 1. The summed E-state index contributed by atoms with van der Waals surface area (Å²) in [5.74, 6) is 0.201. The molecule has 0 saturated heterocycles. The Hall–Kier alpha value is -3.65. The smallest absolute Gasteiger partial charge is 0.290 e. The van der Waals surface area contributed by atoms with E-state index < -0.39 is 5.54 Å². The minimum Gasteiger partial charge on any atom is -0.495 e. The first-order valence-corrected chi connectivity index (χ1v) is 9.84. The van der Waals surface area contributed by atoms with Gasteiger partial charge in [-0.25, -0.2) is 9.38 Å². The van der Waals surface area contributed by atoms with E-state index in [0.717, 1.165) is 16.7 Å². The third-order valence-electron chi connectivity index (χ3n) is 4.99. The van der Waals surface area contributed by atoms with E-state index in [1.165, 1.54) is 6.07 Å². The first-order chi connectivity index (χ1) is 15.3. The van der Waals surface area contributed by atoms with Crippen molar-refractivity contribution >= 4 is 24.1 Å². The van der Waals surface area contributed by atoms with Crippen molar-refractivity contribution in [1.29, 1.82) is 0 Å². The summed E-state index contributed by atoms with van der Waals surface area (Å²) in [6.45, 7) is 1.84. The Bertz CT molecular complexity index is 1170. The van der Waals surface area contributed by atoms with E-state index in [0.29, 0.717) is 21.9 Å². The number of carboxylic acid groups (broad SMARTS) is 1. The Morgan fingerprint density at radius 3 is 2.50 bits per heavy atom. The lowest BCUT2D eigenvalue weighted by molar-refractivity contribution is -0.122. The molecule has 0 amide bonds. The van der Waals surface area contributed by atoms with E-state index in [-0.39, 0.29) is 24.9 Å². The van der Waals surface area contributed by atoms with Gasteiger partial charge in [0, 0.05) is 23.5 Å². The van der Waals surface area contributed by atoms with Crippen LogP contribution in [0.5, 0.6) is 5.75 Å². The molecule has 0 saturated carbocycles. The Morgan fingerprint density at radius 2 is 1.91 bits per heavy atom. The van der Waals surface area contributed by atoms with Crippen LogP contribution >= 0.6 is 11.6 Å². The Morgan fingerprint density at radius 1 is 1.22 bits per heavy atom. The highest BCUT2D eigenvalue weighted by molar-refractivity contribution is 6.32. The number of hydrogen-bond acceptors (Lipinski definition) is 6. The number of carbonyl (C=O) groups is 1. The van der Waals surface area contributed by atoms with Crippen LogP contribution in [0.2, 0.25) is 5.02 Å². The molecule has 2 heterocycles. The SMILES string of the molecule is COc1ccc(C2(c3ccc(F)c(-c4cncc(C)c4)c3)COC(N)=N2)cc1Cl.O=CO. The molecule has 1 aliphatic rings. The fourth-order valence-corrected chi connectivity index (χ4v) is 3.78. The van der Waals surface area contributed by atoms with Crippen molar-refractivity contribution < 1.29 is 23.8 Å². The van der Waals surface area contributed by atoms with E-state index in [4.69, 9.17) is 36.7 Å². The highest BCUT2D eigenvalue weighted by Gasteiger charge is 2.41. The molecule has 7 nitrogen and oxygen atoms in total. The van der Waals surface area contributed by atoms with Crippen molar-refractivity contribution in [3.8, 4) is 16.9 Å². The summed E-state index contributed by atoms with van der Waals surface area (Å²) in [6.07, 6.45) is 3.36. The van der Waals surface area contributed by atoms with Gasteiger partial charge in [0.1, 0.15) is 18.2 Å². The molecule has 3 N–H and O–H groups in total. The average Bonchev–Trinajstić information content (AvgIpc) is 3.17. The molecule has 0 bridgehead atoms. The van der Waals surface area contributed by atoms with Crippen LogP contribution in [-0.2, 0) is 15.1 Å². The molecule has 1 unspecified atom stereocenters. The highest BCUT2D eigenvalue weighted by Crippen LogP contribution is 2.41. The number of nitrogens with two attached hydrogens (primary N) is 1. The summed E-state index contributed by atoms with van der Waals surface area (Å²) in [5.41, 5.74) is 8.47. The van der Waals surface area contributed by atoms with Crippen molar-refractivity contribution in [1.82, 2.24) is 4.98 Å². The van der Waals surface area contributed by atoms with E-state index in [1.54, 1.807) is 43.8 Å². The molecule has 32 heavy (non-hydrogen) atoms. The fraction of sp³-hybridized carbons (Fsp3) is 0.174. The second kappa shape index (κ2) is 9.65. The molecule has 9 heteroatoms. The maximum atomic E-state index is 14.7. The highest BCUT2D eigenvalue weighted by atomic mass is 35.5. The van der Waals surface area contributed by atoms with E-state index in [1.807, 2.05) is 19.1 Å². The fourth-order valence-electron chi connectivity index (χ4n) is 3.52. The molecule has 3 aromatic rings. The molecule has 4 rings (SSSR count). The second-order valence-electron chi connectivity index (χ2n) is 7.00. The van der Waals surface area contributed by atoms with Gasteiger partial charge in [-0.05, 0) is 53.9 Å². The predicted molar refractivity (Wildman–Crippen MR) is 119 cm³/mol. The van der Waals surface area contributed by atoms with E-state index in [2.05, 4.69) is 9.98 Å². The number of amidine groups is 1. The van der Waals surface area contributed by atoms with Gasteiger partial charge >= 0.3 is 0 Å². The molecule has 0 aliphatic carbocycles. The number of aromatic nitrogens is 1. The van der Waals surface area contributed by atoms with Crippen LogP contribution < -0.4 is 10.5 Å². The van der Waals surface area contributed by atoms with Gasteiger partial charge in [-0.15, -0.1) is 0 Å². The summed E-state index contributed by atoms with van der Waals surface area (Å²) in [7, 11) is 1.55. The molecule has 1 aliphatic heterocycles. The molecular weight excluding hydrogens is 437 g/mol. The van der Waals surface area contributed by atoms with Gasteiger partial charge < -0.3 is 20.3 Å². The largest absolute Gasteiger partial charge is 0.495 e. The first-order valence-electron chi connectivity index (χ1n) is 9.46. The molecule has 0 spiro atoms. The van der Waals surface area contributed by atoms with Crippen LogP contribution in [0.25, 0.3) is 11.1 Å². The number of ether oxygens (including phenoxy) is 2. The molecule has 0 radical (unpaired) electrons. The Balaban J connectivity index is 0.000000913. The van der Waals surface area contributed by atoms with Gasteiger partial charge in [0.05, 0.1) is 12.1 Å². The number of methoxy groups -OCH3 is 1. The standard InChI is InChI=1S/C22H19ClFN3O2.CH2O2/c1-13-7-14(11-26-10-13)17-8-15(3-5-19(17)24)22(12-29-21(25)27-22)16-4-6-20(28-2)18(23)9-16;2-1-3/h3-11H,12H2,1-2H3,(H2,25,27);1H,(H,2,3). The van der Waals surface area contributed by atoms with Crippen molar-refractivity contribution in [3.05, 3.63) is 82.4 Å². The summed E-state index contributed by atoms with van der Waals surface area (Å²) < 4.78 is 25.4. The maximum Gasteiger partial charge on any atom is 0.290 e. The summed E-state index contributed by atoms with van der Waals surface area (Å²) in [6, 6.07) is 12.2. The Kier molecular flexibility index (Phi) is 6.95. The van der Waals surface area contributed by atoms with Crippen LogP contribution in [0.3, 0.4) is 0 Å². The quantitative estimate of drug-likeness (QED) is 0.570. The monoisotopic (exact) mass is 457 g/mol. The van der Waals surface area contributed by atoms with Crippen LogP contribution in [0.15, 0.2) is 59.9 Å². The van der Waals surface area contributed by atoms with Crippen LogP contribution in [0.4, 0.5) is 4.39 Å². The van der Waals surface area contributed by atoms with E-state index in [9.17, 15) is 4.39 Å². The van der Waals surface area contributed by atoms with Crippen molar-refractivity contribution in [2.75, 3.05) is 13.7 Å². The van der Waals surface area contributed by atoms with Gasteiger partial charge in [-0.3, -0.25) is 9.78 Å². The van der Waals surface area contributed by atoms with Crippen LogP contribution in [-0.4, -0.2) is 36.3 Å². The lowest BCUT2D eigenvalue weighted by Crippen LogP contribution is -2.27. The number of benzene rings is 2. The van der Waals surface area contributed by atoms with Crippen molar-refractivity contribution in [3.63, 3.8) is 0 Å². The second-order valence-corrected chi connectivity index (χ2v) is 7.41. The summed E-state index contributed by atoms with van der Waals surface area (Å²) in [5, 5.41) is 7.33. The van der Waals surface area contributed by atoms with Crippen molar-refractivity contribution in [2.45, 2.75) is 12.5 Å². The topological polar surface area (TPSA) is 107 Å². The number of halogens is 2. The van der Waals surface area contributed by atoms with Crippen LogP contribution in [0.1, 0.15) is 16.7 Å². The predicted octanol–water partition coefficient (Wildman–Crippen LogP) is 4.15. The molecule has 1 atom stereocenters. The molecular formula is C23H21ClFN3O4. The van der Waals surface area contributed by atoms with E-state index >= 15 is 0 Å². The number of rotatable bonds is 4. The minimum atomic E-state index is -0.945. The number of hydrogen-bond donors (Lipinski definition) is 2. The lowest BCUT2D eigenvalue weighted by atomic mass is 9.83. The van der Waals surface area contributed by atoms with Gasteiger partial charge in [0.15, 0.2) is 5.54 Å². The van der Waals surface area contributed by atoms with Gasteiger partial charge in [-0.1, -0.05) is 23.7 Å². The van der Waals surface area contributed by atoms with Gasteiger partial charge in [0.25, 0.3) is 12.5 Å². The summed E-state index contributed by atoms with van der Waals surface area (Å²) in [4.78, 5) is 17.1. The number of aryl methyl sites for hydroxylation is 1. The Labute approximate surface area is 189 Å². The van der Waals surface area contributed by atoms with Gasteiger partial charge in [0.2, 0.25) is 0 Å². The molecule has 0 fully saturated rings. The summed E-state index contributed by atoms with van der Waals surface area (Å²) >= 11 is 6.35. The van der Waals surface area contributed by atoms with Crippen LogP contribution in [0, 0.1) is 12.7 Å². The lowest BCUT2D eigenvalue weighted by Gasteiger charge is -2.26. The molecule has 1 aromatic heterocycles. The number of aliphatic imine (C=N–C) groups is 1. The average molecular weight is 458 g/mol. The van der Waals surface area contributed by atoms with Crippen molar-refractivity contribution in [2.24, 2.45) is 10.7 Å². The van der Waals surface area contributed by atoms with Gasteiger partial charge in [-0.2, -0.15) is 0 Å². The normalized spacial score (nSPS) is 16.9.